The third-order valence-electron chi connectivity index (χ3n) is 3.85. The summed E-state index contributed by atoms with van der Waals surface area (Å²) < 4.78 is 27.1. The molecular weight excluding hydrogens is 278 g/mol. The molecule has 5 nitrogen and oxygen atoms in total. The highest BCUT2D eigenvalue weighted by Crippen LogP contribution is 2.20. The van der Waals surface area contributed by atoms with Gasteiger partial charge in [-0.2, -0.15) is 0 Å². The molecule has 1 heterocycles. The third kappa shape index (κ3) is 3.48. The quantitative estimate of drug-likeness (QED) is 0.568. The van der Waals surface area contributed by atoms with Gasteiger partial charge < -0.3 is 10.7 Å². The summed E-state index contributed by atoms with van der Waals surface area (Å²) in [6, 6.07) is 2.23. The summed E-state index contributed by atoms with van der Waals surface area (Å²) in [6.45, 7) is 4.51. The predicted molar refractivity (Wildman–Crippen MR) is 76.8 cm³/mol. The van der Waals surface area contributed by atoms with E-state index in [-0.39, 0.29) is 5.56 Å². The summed E-state index contributed by atoms with van der Waals surface area (Å²) in [4.78, 5) is 14.3. The minimum Gasteiger partial charge on any atom is -0.350 e. The van der Waals surface area contributed by atoms with Crippen LogP contribution in [-0.4, -0.2) is 36.5 Å². The monoisotopic (exact) mass is 298 g/mol. The molecule has 0 saturated carbocycles. The van der Waals surface area contributed by atoms with Crippen LogP contribution in [0.15, 0.2) is 12.1 Å². The van der Waals surface area contributed by atoms with Crippen molar-refractivity contribution in [3.63, 3.8) is 0 Å². The van der Waals surface area contributed by atoms with E-state index in [9.17, 15) is 13.6 Å². The summed E-state index contributed by atoms with van der Waals surface area (Å²) >= 11 is 0. The second-order valence-electron chi connectivity index (χ2n) is 5.09. The summed E-state index contributed by atoms with van der Waals surface area (Å²) in [5.41, 5.74) is 1.44. The molecule has 1 atom stereocenters. The molecule has 1 aromatic rings. The average molecular weight is 298 g/mol. The zero-order valence-corrected chi connectivity index (χ0v) is 12.0. The fourth-order valence-corrected chi connectivity index (χ4v) is 2.70. The number of amides is 1. The molecule has 21 heavy (non-hydrogen) atoms. The van der Waals surface area contributed by atoms with Crippen molar-refractivity contribution >= 4 is 11.6 Å². The van der Waals surface area contributed by atoms with Gasteiger partial charge in [0.2, 0.25) is 0 Å². The van der Waals surface area contributed by atoms with E-state index >= 15 is 0 Å². The highest BCUT2D eigenvalue weighted by atomic mass is 19.1. The number of hydrogen-bond acceptors (Lipinski definition) is 4. The Labute approximate surface area is 122 Å². The first-order chi connectivity index (χ1) is 10.1. The second-order valence-corrected chi connectivity index (χ2v) is 5.09. The largest absolute Gasteiger partial charge is 0.350 e. The molecule has 0 aromatic heterocycles. The first-order valence-corrected chi connectivity index (χ1v) is 7.04. The summed E-state index contributed by atoms with van der Waals surface area (Å²) in [7, 11) is 0. The number of likely N-dealkylation sites (tertiary alicyclic amines) is 1. The van der Waals surface area contributed by atoms with Crippen LogP contribution in [-0.2, 0) is 0 Å². The van der Waals surface area contributed by atoms with Crippen LogP contribution < -0.4 is 16.6 Å². The molecule has 1 unspecified atom stereocenters. The number of nitrogens with zero attached hydrogens (tertiary/aromatic N) is 1. The maximum atomic E-state index is 13.6. The van der Waals surface area contributed by atoms with Crippen molar-refractivity contribution in [2.24, 2.45) is 5.84 Å². The number of carbonyl (C=O) groups is 1. The lowest BCUT2D eigenvalue weighted by atomic mass is 10.1. The Morgan fingerprint density at radius 3 is 2.67 bits per heavy atom. The van der Waals surface area contributed by atoms with E-state index in [1.54, 1.807) is 0 Å². The van der Waals surface area contributed by atoms with Gasteiger partial charge in [0.1, 0.15) is 5.69 Å². The van der Waals surface area contributed by atoms with Crippen molar-refractivity contribution in [2.45, 2.75) is 25.8 Å². The Morgan fingerprint density at radius 1 is 1.43 bits per heavy atom. The van der Waals surface area contributed by atoms with Crippen LogP contribution in [0, 0.1) is 11.6 Å². The van der Waals surface area contributed by atoms with Crippen molar-refractivity contribution in [2.75, 3.05) is 25.1 Å². The zero-order valence-electron chi connectivity index (χ0n) is 12.0. The van der Waals surface area contributed by atoms with Gasteiger partial charge in [-0.05, 0) is 38.1 Å². The third-order valence-corrected chi connectivity index (χ3v) is 3.85. The van der Waals surface area contributed by atoms with E-state index in [1.165, 1.54) is 0 Å². The second kappa shape index (κ2) is 6.82. The number of hydrogen-bond donors (Lipinski definition) is 3. The Morgan fingerprint density at radius 2 is 2.10 bits per heavy atom. The Balaban J connectivity index is 2.00. The van der Waals surface area contributed by atoms with Gasteiger partial charge in [0, 0.05) is 18.2 Å². The van der Waals surface area contributed by atoms with Crippen LogP contribution in [0.5, 0.6) is 0 Å². The predicted octanol–water partition coefficient (Wildman–Crippen LogP) is 1.46. The van der Waals surface area contributed by atoms with Gasteiger partial charge in [0.05, 0.1) is 0 Å². The lowest BCUT2D eigenvalue weighted by molar-refractivity contribution is 0.0940. The number of nitrogens with two attached hydrogens (primary N) is 1. The molecule has 1 aliphatic heterocycles. The number of halogens is 2. The van der Waals surface area contributed by atoms with Crippen molar-refractivity contribution in [1.82, 2.24) is 10.2 Å². The maximum absolute atomic E-state index is 13.6. The average Bonchev–Trinajstić information content (AvgIpc) is 2.91. The zero-order chi connectivity index (χ0) is 15.4. The summed E-state index contributed by atoms with van der Waals surface area (Å²) in [6.07, 6.45) is 2.13. The molecule has 0 aliphatic carbocycles. The standard InChI is InChI=1S/C14H20F2N4O/c1-2-20-5-3-4-10(20)8-18-14(21)9-6-11(15)13(19-17)12(16)7-9/h6-7,10,19H,2-5,8,17H2,1H3,(H,18,21). The van der Waals surface area contributed by atoms with Gasteiger partial charge in [-0.1, -0.05) is 6.92 Å². The molecule has 1 aromatic carbocycles. The Hall–Kier alpha value is -1.73. The van der Waals surface area contributed by atoms with Crippen molar-refractivity contribution in [3.8, 4) is 0 Å². The fraction of sp³-hybridized carbons (Fsp3) is 0.500. The number of benzene rings is 1. The molecule has 0 spiro atoms. The molecule has 1 fully saturated rings. The van der Waals surface area contributed by atoms with E-state index in [1.807, 2.05) is 5.43 Å². The van der Waals surface area contributed by atoms with Crippen molar-refractivity contribution in [1.29, 1.82) is 0 Å². The van der Waals surface area contributed by atoms with Gasteiger partial charge in [-0.15, -0.1) is 0 Å². The van der Waals surface area contributed by atoms with Crippen LogP contribution in [0.1, 0.15) is 30.1 Å². The number of hydrazine groups is 1. The molecule has 0 bridgehead atoms. The number of likely N-dealkylation sites (N-methyl/N-ethyl adjacent to an activating group) is 1. The number of anilines is 1. The lowest BCUT2D eigenvalue weighted by Crippen LogP contribution is -2.40. The van der Waals surface area contributed by atoms with E-state index in [0.717, 1.165) is 38.1 Å². The van der Waals surface area contributed by atoms with Gasteiger partial charge in [-0.25, -0.2) is 8.78 Å². The fourth-order valence-electron chi connectivity index (χ4n) is 2.70. The summed E-state index contributed by atoms with van der Waals surface area (Å²) in [5.74, 6) is 2.75. The van der Waals surface area contributed by atoms with Crippen molar-refractivity contribution < 1.29 is 13.6 Å². The van der Waals surface area contributed by atoms with Crippen LogP contribution >= 0.6 is 0 Å². The number of carbonyl (C=O) groups excluding carboxylic acids is 1. The maximum Gasteiger partial charge on any atom is 0.251 e. The van der Waals surface area contributed by atoms with Crippen molar-refractivity contribution in [3.05, 3.63) is 29.3 Å². The highest BCUT2D eigenvalue weighted by molar-refractivity contribution is 5.94. The van der Waals surface area contributed by atoms with Crippen LogP contribution in [0.25, 0.3) is 0 Å². The van der Waals surface area contributed by atoms with E-state index < -0.39 is 23.2 Å². The minimum atomic E-state index is -0.890. The van der Waals surface area contributed by atoms with Gasteiger partial charge >= 0.3 is 0 Å². The molecule has 1 aliphatic rings. The minimum absolute atomic E-state index is 0.0509. The highest BCUT2D eigenvalue weighted by Gasteiger charge is 2.23. The van der Waals surface area contributed by atoms with Gasteiger partial charge in [0.25, 0.3) is 5.91 Å². The number of nitrogens with one attached hydrogen (secondary N) is 2. The Kier molecular flexibility index (Phi) is 5.08. The first kappa shape index (κ1) is 15.7. The number of rotatable bonds is 5. The summed E-state index contributed by atoms with van der Waals surface area (Å²) in [5, 5.41) is 2.73. The molecule has 116 valence electrons. The molecule has 1 amide bonds. The van der Waals surface area contributed by atoms with E-state index in [2.05, 4.69) is 17.1 Å². The molecule has 2 rings (SSSR count). The number of nitrogen functional groups attached to an aromatic ring is 1. The normalized spacial score (nSPS) is 18.8. The Bertz CT molecular complexity index is 501. The molecule has 4 N–H and O–H groups in total. The topological polar surface area (TPSA) is 70.4 Å². The van der Waals surface area contributed by atoms with Crippen LogP contribution in [0.4, 0.5) is 14.5 Å². The lowest BCUT2D eigenvalue weighted by Gasteiger charge is -2.22. The van der Waals surface area contributed by atoms with Gasteiger partial charge in [-0.3, -0.25) is 15.5 Å². The molecular formula is C14H20F2N4O. The molecule has 0 radical (unpaired) electrons. The molecule has 1 saturated heterocycles. The SMILES string of the molecule is CCN1CCCC1CNC(=O)c1cc(F)c(NN)c(F)c1. The first-order valence-electron chi connectivity index (χ1n) is 7.04. The van der Waals surface area contributed by atoms with E-state index in [0.29, 0.717) is 12.6 Å². The van der Waals surface area contributed by atoms with Gasteiger partial charge in [0.15, 0.2) is 11.6 Å². The smallest absolute Gasteiger partial charge is 0.251 e. The van der Waals surface area contributed by atoms with E-state index in [4.69, 9.17) is 5.84 Å². The van der Waals surface area contributed by atoms with Crippen LogP contribution in [0.3, 0.4) is 0 Å². The molecule has 7 heteroatoms. The van der Waals surface area contributed by atoms with Crippen LogP contribution in [0.2, 0.25) is 0 Å².